The maximum Gasteiger partial charge on any atom is 0.224 e. The Balaban J connectivity index is 2.16. The number of nitrogens with zero attached hydrogens (tertiary/aromatic N) is 1. The summed E-state index contributed by atoms with van der Waals surface area (Å²) in [4.78, 5) is 23.8. The summed E-state index contributed by atoms with van der Waals surface area (Å²) in [5, 5.41) is 0.293. The second kappa shape index (κ2) is 3.09. The molecule has 0 saturated carbocycles. The molecule has 2 saturated heterocycles. The maximum absolute atomic E-state index is 11.4. The Morgan fingerprint density at radius 3 is 3.17 bits per heavy atom. The Morgan fingerprint density at radius 2 is 2.42 bits per heavy atom. The van der Waals surface area contributed by atoms with Gasteiger partial charge in [0.2, 0.25) is 5.91 Å². The summed E-state index contributed by atoms with van der Waals surface area (Å²) in [6.07, 6.45) is 3.57. The number of amides is 1. The molecule has 3 nitrogen and oxygen atoms in total. The first kappa shape index (κ1) is 8.10. The molecule has 1 amide bonds. The summed E-state index contributed by atoms with van der Waals surface area (Å²) in [5.74, 6) is 0.952. The minimum atomic E-state index is -0.146. The third-order valence-corrected chi connectivity index (χ3v) is 3.80. The third kappa shape index (κ3) is 1.14. The van der Waals surface area contributed by atoms with E-state index in [-0.39, 0.29) is 11.9 Å². The van der Waals surface area contributed by atoms with Gasteiger partial charge in [-0.1, -0.05) is 0 Å². The van der Waals surface area contributed by atoms with Gasteiger partial charge >= 0.3 is 0 Å². The second-order valence-corrected chi connectivity index (χ2v) is 4.40. The van der Waals surface area contributed by atoms with E-state index in [2.05, 4.69) is 0 Å². The van der Waals surface area contributed by atoms with Crippen molar-refractivity contribution in [2.24, 2.45) is 0 Å². The van der Waals surface area contributed by atoms with Crippen molar-refractivity contribution in [3.05, 3.63) is 0 Å². The van der Waals surface area contributed by atoms with Crippen molar-refractivity contribution in [1.29, 1.82) is 0 Å². The Kier molecular flexibility index (Phi) is 2.09. The average molecular weight is 185 g/mol. The molecular weight excluding hydrogens is 174 g/mol. The molecule has 2 atom stereocenters. The van der Waals surface area contributed by atoms with E-state index in [0.717, 1.165) is 24.9 Å². The Hall–Kier alpha value is -0.510. The van der Waals surface area contributed by atoms with Crippen molar-refractivity contribution in [2.45, 2.75) is 30.7 Å². The summed E-state index contributed by atoms with van der Waals surface area (Å²) in [7, 11) is 0. The van der Waals surface area contributed by atoms with Crippen molar-refractivity contribution in [3.8, 4) is 0 Å². The van der Waals surface area contributed by atoms with Crippen LogP contribution in [0.1, 0.15) is 19.3 Å². The zero-order valence-corrected chi connectivity index (χ0v) is 7.55. The summed E-state index contributed by atoms with van der Waals surface area (Å²) in [6, 6.07) is -0.146. The molecule has 0 aromatic rings. The van der Waals surface area contributed by atoms with Crippen LogP contribution < -0.4 is 0 Å². The fourth-order valence-corrected chi connectivity index (χ4v) is 3.24. The summed E-state index contributed by atoms with van der Waals surface area (Å²) in [6.45, 7) is 0. The van der Waals surface area contributed by atoms with E-state index in [1.165, 1.54) is 0 Å². The van der Waals surface area contributed by atoms with E-state index >= 15 is 0 Å². The van der Waals surface area contributed by atoms with Gasteiger partial charge in [-0.2, -0.15) is 0 Å². The highest BCUT2D eigenvalue weighted by molar-refractivity contribution is 8.00. The van der Waals surface area contributed by atoms with E-state index in [0.29, 0.717) is 11.8 Å². The van der Waals surface area contributed by atoms with E-state index in [9.17, 15) is 9.59 Å². The number of aldehydes is 1. The van der Waals surface area contributed by atoms with Gasteiger partial charge in [0.25, 0.3) is 0 Å². The third-order valence-electron chi connectivity index (χ3n) is 2.41. The molecule has 0 N–H and O–H groups in total. The van der Waals surface area contributed by atoms with Crippen LogP contribution in [-0.2, 0) is 9.59 Å². The van der Waals surface area contributed by atoms with Gasteiger partial charge in [0, 0.05) is 12.2 Å². The summed E-state index contributed by atoms with van der Waals surface area (Å²) in [5.41, 5.74) is 0. The fourth-order valence-electron chi connectivity index (χ4n) is 1.81. The van der Waals surface area contributed by atoms with Crippen LogP contribution in [0, 0.1) is 0 Å². The molecule has 2 heterocycles. The highest BCUT2D eigenvalue weighted by atomic mass is 32.2. The number of carbonyl (C=O) groups excluding carboxylic acids is 2. The molecule has 0 aromatic carbocycles. The maximum atomic E-state index is 11.4. The normalized spacial score (nSPS) is 35.0. The van der Waals surface area contributed by atoms with E-state index < -0.39 is 0 Å². The first-order valence-electron chi connectivity index (χ1n) is 4.21. The van der Waals surface area contributed by atoms with Crippen LogP contribution in [0.15, 0.2) is 0 Å². The van der Waals surface area contributed by atoms with Crippen LogP contribution in [0.2, 0.25) is 0 Å². The number of piperidine rings is 1. The molecule has 0 bridgehead atoms. The Bertz CT molecular complexity index is 219. The van der Waals surface area contributed by atoms with Gasteiger partial charge in [0.05, 0.1) is 11.4 Å². The van der Waals surface area contributed by atoms with Gasteiger partial charge in [-0.25, -0.2) is 0 Å². The summed E-state index contributed by atoms with van der Waals surface area (Å²) < 4.78 is 0. The Morgan fingerprint density at radius 1 is 1.58 bits per heavy atom. The van der Waals surface area contributed by atoms with Gasteiger partial charge in [-0.05, 0) is 12.8 Å². The molecule has 4 heteroatoms. The highest BCUT2D eigenvalue weighted by Gasteiger charge is 2.39. The quantitative estimate of drug-likeness (QED) is 0.563. The molecule has 2 fully saturated rings. The number of hydrogen-bond donors (Lipinski definition) is 0. The van der Waals surface area contributed by atoms with Gasteiger partial charge < -0.3 is 9.69 Å². The molecule has 0 aliphatic carbocycles. The number of fused-ring (bicyclic) bond motifs is 1. The monoisotopic (exact) mass is 185 g/mol. The van der Waals surface area contributed by atoms with Crippen LogP contribution >= 0.6 is 11.8 Å². The largest absolute Gasteiger partial charge is 0.320 e. The van der Waals surface area contributed by atoms with Crippen LogP contribution in [0.4, 0.5) is 0 Å². The first-order chi connectivity index (χ1) is 5.83. The SMILES string of the molecule is O=C[C@@H]1CSC2CCCC(=O)N21. The smallest absolute Gasteiger partial charge is 0.224 e. The molecule has 2 aliphatic rings. The molecule has 2 aliphatic heterocycles. The fraction of sp³-hybridized carbons (Fsp3) is 0.750. The lowest BCUT2D eigenvalue weighted by molar-refractivity contribution is -0.138. The van der Waals surface area contributed by atoms with Crippen molar-refractivity contribution >= 4 is 24.0 Å². The molecule has 0 aromatic heterocycles. The van der Waals surface area contributed by atoms with E-state index in [1.807, 2.05) is 0 Å². The Labute approximate surface area is 75.5 Å². The lowest BCUT2D eigenvalue weighted by Crippen LogP contribution is -2.44. The zero-order valence-electron chi connectivity index (χ0n) is 6.73. The van der Waals surface area contributed by atoms with Crippen LogP contribution in [-0.4, -0.2) is 34.3 Å². The van der Waals surface area contributed by atoms with Crippen molar-refractivity contribution in [2.75, 3.05) is 5.75 Å². The standard InChI is InChI=1S/C8H11NO2S/c10-4-6-5-12-8-3-1-2-7(11)9(6)8/h4,6,8H,1-3,5H2/t6-,8?/m1/s1. The van der Waals surface area contributed by atoms with Crippen LogP contribution in [0.25, 0.3) is 0 Å². The molecule has 0 spiro atoms. The van der Waals surface area contributed by atoms with Crippen molar-refractivity contribution < 1.29 is 9.59 Å². The second-order valence-electron chi connectivity index (χ2n) is 3.18. The van der Waals surface area contributed by atoms with Gasteiger partial charge in [0.15, 0.2) is 0 Å². The van der Waals surface area contributed by atoms with E-state index in [1.54, 1.807) is 16.7 Å². The topological polar surface area (TPSA) is 37.4 Å². The molecule has 0 radical (unpaired) electrons. The zero-order chi connectivity index (χ0) is 8.55. The minimum absolute atomic E-state index is 0.146. The van der Waals surface area contributed by atoms with E-state index in [4.69, 9.17) is 0 Å². The summed E-state index contributed by atoms with van der Waals surface area (Å²) >= 11 is 1.74. The van der Waals surface area contributed by atoms with Crippen LogP contribution in [0.5, 0.6) is 0 Å². The van der Waals surface area contributed by atoms with Gasteiger partial charge in [0.1, 0.15) is 6.29 Å². The predicted molar refractivity (Wildman–Crippen MR) is 46.8 cm³/mol. The van der Waals surface area contributed by atoms with Crippen molar-refractivity contribution in [1.82, 2.24) is 4.90 Å². The van der Waals surface area contributed by atoms with Gasteiger partial charge in [-0.3, -0.25) is 4.79 Å². The van der Waals surface area contributed by atoms with Crippen molar-refractivity contribution in [3.63, 3.8) is 0 Å². The number of rotatable bonds is 1. The average Bonchev–Trinajstić information content (AvgIpc) is 2.49. The molecular formula is C8H11NO2S. The number of thioether (sulfide) groups is 1. The van der Waals surface area contributed by atoms with Gasteiger partial charge in [-0.15, -0.1) is 11.8 Å². The molecule has 1 unspecified atom stereocenters. The van der Waals surface area contributed by atoms with Crippen LogP contribution in [0.3, 0.4) is 0 Å². The molecule has 12 heavy (non-hydrogen) atoms. The number of carbonyl (C=O) groups is 2. The molecule has 66 valence electrons. The number of hydrogen-bond acceptors (Lipinski definition) is 3. The molecule has 2 rings (SSSR count). The highest BCUT2D eigenvalue weighted by Crippen LogP contribution is 2.35. The lowest BCUT2D eigenvalue weighted by atomic mass is 10.1. The lowest BCUT2D eigenvalue weighted by Gasteiger charge is -2.30. The minimum Gasteiger partial charge on any atom is -0.320 e. The predicted octanol–water partition coefficient (Wildman–Crippen LogP) is 0.639. The first-order valence-corrected chi connectivity index (χ1v) is 5.26.